The topological polar surface area (TPSA) is 85.6 Å². The van der Waals surface area contributed by atoms with Crippen LogP contribution in [0.4, 0.5) is 0 Å². The van der Waals surface area contributed by atoms with Crippen LogP contribution in [0.15, 0.2) is 57.7 Å². The van der Waals surface area contributed by atoms with Crippen LogP contribution in [-0.4, -0.2) is 24.5 Å². The van der Waals surface area contributed by atoms with E-state index in [1.807, 2.05) is 37.3 Å². The minimum absolute atomic E-state index is 0.0724. The summed E-state index contributed by atoms with van der Waals surface area (Å²) in [5.74, 6) is -0.132. The molecule has 1 amide bonds. The van der Waals surface area contributed by atoms with E-state index in [1.165, 1.54) is 6.07 Å². The normalized spacial score (nSPS) is 14.3. The highest BCUT2D eigenvalue weighted by Gasteiger charge is 2.29. The molecule has 6 heteroatoms. The highest BCUT2D eigenvalue weighted by atomic mass is 16.5. The van der Waals surface area contributed by atoms with E-state index >= 15 is 0 Å². The standard InChI is InChI=1S/C24H23NO5/c1-14-21(27)18-9-6-10-19(23(18)30-22(14)17-7-4-3-5-8-17)24(28)29-13-20(26)25-15(2)16-11-12-16/h3-10,15-16H,11-13H2,1-2H3,(H,25,26)/t15-/m1/s1. The van der Waals surface area contributed by atoms with Crippen LogP contribution in [0, 0.1) is 12.8 Å². The zero-order valence-electron chi connectivity index (χ0n) is 16.9. The van der Waals surface area contributed by atoms with Crippen molar-refractivity contribution < 1.29 is 18.7 Å². The molecule has 0 saturated heterocycles. The summed E-state index contributed by atoms with van der Waals surface area (Å²) in [7, 11) is 0. The Kier molecular flexibility index (Phi) is 5.40. The third-order valence-corrected chi connectivity index (χ3v) is 5.45. The van der Waals surface area contributed by atoms with Crippen LogP contribution in [0.2, 0.25) is 0 Å². The molecule has 1 heterocycles. The van der Waals surface area contributed by atoms with Crippen LogP contribution in [0.25, 0.3) is 22.3 Å². The molecule has 1 aliphatic carbocycles. The summed E-state index contributed by atoms with van der Waals surface area (Å²) < 4.78 is 11.2. The monoisotopic (exact) mass is 405 g/mol. The lowest BCUT2D eigenvalue weighted by Gasteiger charge is -2.13. The molecule has 3 aromatic rings. The second kappa shape index (κ2) is 8.14. The molecule has 6 nitrogen and oxygen atoms in total. The smallest absolute Gasteiger partial charge is 0.342 e. The highest BCUT2D eigenvalue weighted by molar-refractivity contribution is 6.02. The lowest BCUT2D eigenvalue weighted by atomic mass is 10.0. The van der Waals surface area contributed by atoms with Crippen molar-refractivity contribution in [3.8, 4) is 11.3 Å². The molecule has 1 saturated carbocycles. The minimum atomic E-state index is -0.708. The number of ether oxygens (including phenoxy) is 1. The molecular weight excluding hydrogens is 382 g/mol. The first kappa shape index (κ1) is 19.9. The van der Waals surface area contributed by atoms with Gasteiger partial charge in [0.25, 0.3) is 5.91 Å². The van der Waals surface area contributed by atoms with Crippen LogP contribution >= 0.6 is 0 Å². The minimum Gasteiger partial charge on any atom is -0.455 e. The molecule has 0 spiro atoms. The maximum atomic E-state index is 12.9. The Morgan fingerprint density at radius 3 is 2.57 bits per heavy atom. The Morgan fingerprint density at radius 2 is 1.87 bits per heavy atom. The summed E-state index contributed by atoms with van der Waals surface area (Å²) in [6.07, 6.45) is 2.22. The van der Waals surface area contributed by atoms with Crippen LogP contribution < -0.4 is 10.7 Å². The number of nitrogens with one attached hydrogen (secondary N) is 1. The first-order valence-electron chi connectivity index (χ1n) is 10.0. The van der Waals surface area contributed by atoms with Crippen molar-refractivity contribution >= 4 is 22.8 Å². The molecule has 2 aromatic carbocycles. The summed E-state index contributed by atoms with van der Waals surface area (Å²) in [4.78, 5) is 37.6. The van der Waals surface area contributed by atoms with Gasteiger partial charge in [-0.2, -0.15) is 0 Å². The number of carbonyl (C=O) groups is 2. The van der Waals surface area contributed by atoms with Crippen LogP contribution in [0.5, 0.6) is 0 Å². The number of amides is 1. The first-order chi connectivity index (χ1) is 14.5. The maximum Gasteiger partial charge on any atom is 0.342 e. The van der Waals surface area contributed by atoms with Crippen molar-refractivity contribution in [2.75, 3.05) is 6.61 Å². The average molecular weight is 405 g/mol. The summed E-state index contributed by atoms with van der Waals surface area (Å²) in [6.45, 7) is 3.27. The van der Waals surface area contributed by atoms with E-state index < -0.39 is 5.97 Å². The number of benzene rings is 2. The molecular formula is C24H23NO5. The molecule has 154 valence electrons. The molecule has 0 aliphatic heterocycles. The molecule has 1 fully saturated rings. The predicted octanol–water partition coefficient (Wildman–Crippen LogP) is 3.84. The van der Waals surface area contributed by atoms with Crippen LogP contribution in [0.3, 0.4) is 0 Å². The van der Waals surface area contributed by atoms with Crippen molar-refractivity contribution in [3.05, 3.63) is 69.9 Å². The Hall–Kier alpha value is -3.41. The van der Waals surface area contributed by atoms with Gasteiger partial charge in [0.1, 0.15) is 11.3 Å². The summed E-state index contributed by atoms with van der Waals surface area (Å²) in [5, 5.41) is 3.14. The van der Waals surface area contributed by atoms with E-state index in [0.717, 1.165) is 18.4 Å². The third kappa shape index (κ3) is 3.99. The largest absolute Gasteiger partial charge is 0.455 e. The Bertz CT molecular complexity index is 1160. The molecule has 1 aliphatic rings. The highest BCUT2D eigenvalue weighted by Crippen LogP contribution is 2.32. The number of carbonyl (C=O) groups excluding carboxylic acids is 2. The number of para-hydroxylation sites is 1. The van der Waals surface area contributed by atoms with Gasteiger partial charge in [0.15, 0.2) is 17.6 Å². The zero-order valence-corrected chi connectivity index (χ0v) is 16.9. The number of hydrogen-bond acceptors (Lipinski definition) is 5. The van der Waals surface area contributed by atoms with Crippen LogP contribution in [0.1, 0.15) is 35.7 Å². The van der Waals surface area contributed by atoms with E-state index in [0.29, 0.717) is 22.6 Å². The second-order valence-corrected chi connectivity index (χ2v) is 7.70. The number of fused-ring (bicyclic) bond motifs is 1. The van der Waals surface area contributed by atoms with E-state index in [-0.39, 0.29) is 35.1 Å². The molecule has 0 bridgehead atoms. The fraction of sp³-hybridized carbons (Fsp3) is 0.292. The van der Waals surface area contributed by atoms with E-state index in [4.69, 9.17) is 9.15 Å². The van der Waals surface area contributed by atoms with Gasteiger partial charge < -0.3 is 14.5 Å². The van der Waals surface area contributed by atoms with Gasteiger partial charge in [0.05, 0.1) is 5.39 Å². The summed E-state index contributed by atoms with van der Waals surface area (Å²) in [5.41, 5.74) is 1.27. The lowest BCUT2D eigenvalue weighted by Crippen LogP contribution is -2.37. The fourth-order valence-corrected chi connectivity index (χ4v) is 3.55. The Labute approximate surface area is 173 Å². The number of rotatable bonds is 6. The average Bonchev–Trinajstić information content (AvgIpc) is 3.60. The van der Waals surface area contributed by atoms with Gasteiger partial charge in [-0.15, -0.1) is 0 Å². The molecule has 1 N–H and O–H groups in total. The molecule has 0 radical (unpaired) electrons. The van der Waals surface area contributed by atoms with Gasteiger partial charge in [-0.3, -0.25) is 9.59 Å². The quantitative estimate of drug-likeness (QED) is 0.630. The van der Waals surface area contributed by atoms with Crippen molar-refractivity contribution in [3.63, 3.8) is 0 Å². The third-order valence-electron chi connectivity index (χ3n) is 5.45. The van der Waals surface area contributed by atoms with Crippen molar-refractivity contribution in [2.24, 2.45) is 5.92 Å². The fourth-order valence-electron chi connectivity index (χ4n) is 3.55. The molecule has 30 heavy (non-hydrogen) atoms. The van der Waals surface area contributed by atoms with Crippen molar-refractivity contribution in [1.29, 1.82) is 0 Å². The molecule has 4 rings (SSSR count). The molecule has 1 aromatic heterocycles. The van der Waals surface area contributed by atoms with E-state index in [2.05, 4.69) is 5.32 Å². The molecule has 0 unspecified atom stereocenters. The van der Waals surface area contributed by atoms with Gasteiger partial charge in [-0.1, -0.05) is 36.4 Å². The van der Waals surface area contributed by atoms with Crippen LogP contribution in [-0.2, 0) is 9.53 Å². The predicted molar refractivity (Wildman–Crippen MR) is 113 cm³/mol. The Balaban J connectivity index is 1.62. The van der Waals surface area contributed by atoms with Crippen molar-refractivity contribution in [1.82, 2.24) is 5.32 Å². The summed E-state index contributed by atoms with van der Waals surface area (Å²) >= 11 is 0. The van der Waals surface area contributed by atoms with Crippen molar-refractivity contribution in [2.45, 2.75) is 32.7 Å². The Morgan fingerprint density at radius 1 is 1.13 bits per heavy atom. The second-order valence-electron chi connectivity index (χ2n) is 7.70. The van der Waals surface area contributed by atoms with Gasteiger partial charge in [0, 0.05) is 17.2 Å². The van der Waals surface area contributed by atoms with Gasteiger partial charge in [0.2, 0.25) is 0 Å². The van der Waals surface area contributed by atoms with Gasteiger partial charge >= 0.3 is 5.97 Å². The van der Waals surface area contributed by atoms with E-state index in [1.54, 1.807) is 19.1 Å². The lowest BCUT2D eigenvalue weighted by molar-refractivity contribution is -0.124. The first-order valence-corrected chi connectivity index (χ1v) is 10.0. The SMILES string of the molecule is Cc1c(-c2ccccc2)oc2c(C(=O)OCC(=O)N[C@H](C)C3CC3)cccc2c1=O. The van der Waals surface area contributed by atoms with E-state index in [9.17, 15) is 14.4 Å². The number of hydrogen-bond donors (Lipinski definition) is 1. The summed E-state index contributed by atoms with van der Waals surface area (Å²) in [6, 6.07) is 14.1. The van der Waals surface area contributed by atoms with Gasteiger partial charge in [-0.05, 0) is 44.7 Å². The maximum absolute atomic E-state index is 12.9. The van der Waals surface area contributed by atoms with Gasteiger partial charge in [-0.25, -0.2) is 4.79 Å². The number of esters is 1. The zero-order chi connectivity index (χ0) is 21.3. The molecule has 1 atom stereocenters.